The van der Waals surface area contributed by atoms with Crippen molar-refractivity contribution in [3.8, 4) is 5.75 Å². The molecule has 0 radical (unpaired) electrons. The van der Waals surface area contributed by atoms with Crippen LogP contribution in [0.5, 0.6) is 5.75 Å². The Hall–Kier alpha value is -2.46. The second-order valence-corrected chi connectivity index (χ2v) is 7.53. The third-order valence-electron chi connectivity index (χ3n) is 5.27. The minimum Gasteiger partial charge on any atom is -0.486 e. The molecule has 1 aliphatic heterocycles. The minimum atomic E-state index is -0.0762. The van der Waals surface area contributed by atoms with Crippen molar-refractivity contribution in [1.82, 2.24) is 9.88 Å². The number of aromatic nitrogens is 1. The monoisotopic (exact) mass is 382 g/mol. The Morgan fingerprint density at radius 3 is 2.81 bits per heavy atom. The summed E-state index contributed by atoms with van der Waals surface area (Å²) in [5, 5.41) is 4.59. The van der Waals surface area contributed by atoms with Gasteiger partial charge in [0.05, 0.1) is 17.1 Å². The molecule has 0 unspecified atom stereocenters. The molecular formula is C22H23ClN2O2. The van der Waals surface area contributed by atoms with Crippen LogP contribution in [-0.4, -0.2) is 23.1 Å². The lowest BCUT2D eigenvalue weighted by Gasteiger charge is -2.26. The van der Waals surface area contributed by atoms with Crippen molar-refractivity contribution in [1.29, 1.82) is 0 Å². The summed E-state index contributed by atoms with van der Waals surface area (Å²) in [6, 6.07) is 15.8. The third-order valence-corrected chi connectivity index (χ3v) is 5.60. The fraction of sp³-hybridized carbons (Fsp3) is 0.318. The summed E-state index contributed by atoms with van der Waals surface area (Å²) in [5.74, 6) is 0.962. The molecule has 3 aromatic rings. The highest BCUT2D eigenvalue weighted by atomic mass is 35.5. The highest BCUT2D eigenvalue weighted by molar-refractivity contribution is 6.36. The fourth-order valence-corrected chi connectivity index (χ4v) is 3.86. The zero-order chi connectivity index (χ0) is 19.0. The number of nitrogens with zero attached hydrogens (tertiary/aromatic N) is 1. The molecule has 1 amide bonds. The number of halogens is 1. The van der Waals surface area contributed by atoms with Gasteiger partial charge in [0, 0.05) is 11.9 Å². The van der Waals surface area contributed by atoms with Crippen LogP contribution >= 0.6 is 11.6 Å². The van der Waals surface area contributed by atoms with E-state index in [1.165, 1.54) is 5.56 Å². The predicted molar refractivity (Wildman–Crippen MR) is 109 cm³/mol. The highest BCUT2D eigenvalue weighted by Gasteiger charge is 2.27. The first kappa shape index (κ1) is 17.9. The van der Waals surface area contributed by atoms with Crippen LogP contribution < -0.4 is 10.1 Å². The van der Waals surface area contributed by atoms with Crippen molar-refractivity contribution in [2.45, 2.75) is 38.8 Å². The number of benzene rings is 2. The van der Waals surface area contributed by atoms with Gasteiger partial charge in [0.1, 0.15) is 17.5 Å². The van der Waals surface area contributed by atoms with Crippen LogP contribution in [0, 0.1) is 0 Å². The summed E-state index contributed by atoms with van der Waals surface area (Å²) in [6.45, 7) is 5.45. The quantitative estimate of drug-likeness (QED) is 0.674. The molecule has 0 spiro atoms. The largest absolute Gasteiger partial charge is 0.486 e. The van der Waals surface area contributed by atoms with Crippen molar-refractivity contribution >= 4 is 28.4 Å². The molecule has 2 heterocycles. The van der Waals surface area contributed by atoms with E-state index in [4.69, 9.17) is 16.3 Å². The fourth-order valence-electron chi connectivity index (χ4n) is 3.66. The highest BCUT2D eigenvalue weighted by Crippen LogP contribution is 2.38. The summed E-state index contributed by atoms with van der Waals surface area (Å²) < 4.78 is 8.10. The molecule has 140 valence electrons. The Bertz CT molecular complexity index is 981. The molecule has 1 aromatic heterocycles. The van der Waals surface area contributed by atoms with Crippen LogP contribution in [0.3, 0.4) is 0 Å². The number of ether oxygens (including phenoxy) is 1. The lowest BCUT2D eigenvalue weighted by Crippen LogP contribution is -2.32. The predicted octanol–water partition coefficient (Wildman–Crippen LogP) is 5.00. The van der Waals surface area contributed by atoms with E-state index in [1.807, 2.05) is 36.4 Å². The summed E-state index contributed by atoms with van der Waals surface area (Å²) in [5.41, 5.74) is 2.76. The molecule has 5 heteroatoms. The zero-order valence-corrected chi connectivity index (χ0v) is 16.3. The molecule has 0 bridgehead atoms. The molecule has 0 fully saturated rings. The minimum absolute atomic E-state index is 0.0593. The first-order valence-corrected chi connectivity index (χ1v) is 9.77. The summed E-state index contributed by atoms with van der Waals surface area (Å²) >= 11 is 6.38. The van der Waals surface area contributed by atoms with E-state index >= 15 is 0 Å². The number of hydrogen-bond acceptors (Lipinski definition) is 2. The normalized spacial score (nSPS) is 16.8. The molecule has 0 saturated heterocycles. The second kappa shape index (κ2) is 7.28. The van der Waals surface area contributed by atoms with Crippen molar-refractivity contribution < 1.29 is 9.53 Å². The van der Waals surface area contributed by atoms with E-state index in [0.717, 1.165) is 23.1 Å². The van der Waals surface area contributed by atoms with Gasteiger partial charge in [0.25, 0.3) is 5.91 Å². The molecule has 1 aliphatic rings. The number of nitrogens with one attached hydrogen (secondary N) is 1. The molecule has 2 atom stereocenters. The molecule has 4 rings (SSSR count). The van der Waals surface area contributed by atoms with E-state index in [2.05, 4.69) is 35.9 Å². The topological polar surface area (TPSA) is 43.3 Å². The van der Waals surface area contributed by atoms with Gasteiger partial charge < -0.3 is 14.6 Å². The maximum Gasteiger partial charge on any atom is 0.267 e. The molecule has 0 saturated carbocycles. The number of rotatable bonds is 5. The standard InChI is InChI=1S/C22H23ClN2O2/c1-3-16-13-25-19(11-17-18(23)9-10-20(27-16)21(17)25)22(26)24-12-14(2)15-7-5-4-6-8-15/h4-11,14,16H,3,12-13H2,1-2H3,(H,24,26)/t14-,16-/m0/s1. The SMILES string of the molecule is CC[C@H]1Cn2c(C(=O)NC[C@H](C)c3ccccc3)cc3c(Cl)ccc(c32)O1. The van der Waals surface area contributed by atoms with E-state index in [-0.39, 0.29) is 17.9 Å². The molecule has 0 aliphatic carbocycles. The van der Waals surface area contributed by atoms with E-state index in [9.17, 15) is 4.79 Å². The van der Waals surface area contributed by atoms with Crippen molar-refractivity contribution in [3.63, 3.8) is 0 Å². The van der Waals surface area contributed by atoms with Gasteiger partial charge in [-0.2, -0.15) is 0 Å². The average molecular weight is 383 g/mol. The van der Waals surface area contributed by atoms with Gasteiger partial charge in [0.15, 0.2) is 0 Å². The number of amides is 1. The Morgan fingerprint density at radius 2 is 2.07 bits per heavy atom. The molecule has 2 aromatic carbocycles. The van der Waals surface area contributed by atoms with Crippen molar-refractivity contribution in [3.05, 3.63) is 64.8 Å². The maximum atomic E-state index is 13.0. The number of carbonyl (C=O) groups excluding carboxylic acids is 1. The van der Waals surface area contributed by atoms with E-state index in [0.29, 0.717) is 23.8 Å². The van der Waals surface area contributed by atoms with Gasteiger partial charge >= 0.3 is 0 Å². The lowest BCUT2D eigenvalue weighted by molar-refractivity contribution is 0.0936. The molecule has 4 nitrogen and oxygen atoms in total. The summed E-state index contributed by atoms with van der Waals surface area (Å²) in [4.78, 5) is 13.0. The van der Waals surface area contributed by atoms with Gasteiger partial charge in [-0.05, 0) is 36.1 Å². The smallest absolute Gasteiger partial charge is 0.267 e. The maximum absolute atomic E-state index is 13.0. The van der Waals surface area contributed by atoms with Crippen LogP contribution in [-0.2, 0) is 6.54 Å². The second-order valence-electron chi connectivity index (χ2n) is 7.12. The first-order valence-electron chi connectivity index (χ1n) is 9.40. The van der Waals surface area contributed by atoms with Gasteiger partial charge in [-0.15, -0.1) is 0 Å². The number of hydrogen-bond donors (Lipinski definition) is 1. The van der Waals surface area contributed by atoms with Crippen molar-refractivity contribution in [2.75, 3.05) is 6.54 Å². The van der Waals surface area contributed by atoms with Crippen LogP contribution in [0.25, 0.3) is 10.9 Å². The first-order chi connectivity index (χ1) is 13.1. The van der Waals surface area contributed by atoms with E-state index < -0.39 is 0 Å². The van der Waals surface area contributed by atoms with Crippen molar-refractivity contribution in [2.24, 2.45) is 0 Å². The van der Waals surface area contributed by atoms with Crippen LogP contribution in [0.1, 0.15) is 42.2 Å². The Balaban J connectivity index is 1.61. The molecular weight excluding hydrogens is 360 g/mol. The summed E-state index contributed by atoms with van der Waals surface area (Å²) in [7, 11) is 0. The van der Waals surface area contributed by atoms with Gasteiger partial charge in [0.2, 0.25) is 0 Å². The Morgan fingerprint density at radius 1 is 1.30 bits per heavy atom. The van der Waals surface area contributed by atoms with Gasteiger partial charge in [-0.25, -0.2) is 0 Å². The van der Waals surface area contributed by atoms with Gasteiger partial charge in [-0.1, -0.05) is 55.8 Å². The Labute approximate surface area is 164 Å². The van der Waals surface area contributed by atoms with Crippen LogP contribution in [0.4, 0.5) is 0 Å². The lowest BCUT2D eigenvalue weighted by atomic mass is 10.0. The van der Waals surface area contributed by atoms with Gasteiger partial charge in [-0.3, -0.25) is 4.79 Å². The Kier molecular flexibility index (Phi) is 4.83. The summed E-state index contributed by atoms with van der Waals surface area (Å²) in [6.07, 6.45) is 0.942. The van der Waals surface area contributed by atoms with Crippen LogP contribution in [0.15, 0.2) is 48.5 Å². The zero-order valence-electron chi connectivity index (χ0n) is 15.5. The average Bonchev–Trinajstić information content (AvgIpc) is 3.10. The number of carbonyl (C=O) groups is 1. The van der Waals surface area contributed by atoms with Crippen LogP contribution in [0.2, 0.25) is 5.02 Å². The van der Waals surface area contributed by atoms with E-state index in [1.54, 1.807) is 0 Å². The third kappa shape index (κ3) is 3.30. The molecule has 1 N–H and O–H groups in total. The molecule has 27 heavy (non-hydrogen) atoms.